The Hall–Kier alpha value is -2.27. The quantitative estimate of drug-likeness (QED) is 0.567. The maximum atomic E-state index is 13.5. The van der Waals surface area contributed by atoms with Crippen LogP contribution < -0.4 is 5.32 Å². The summed E-state index contributed by atoms with van der Waals surface area (Å²) in [5, 5.41) is 3.36. The molecule has 5 heteroatoms. The van der Waals surface area contributed by atoms with Gasteiger partial charge < -0.3 is 9.88 Å². The third kappa shape index (κ3) is 4.50. The molecule has 0 aliphatic heterocycles. The molecule has 1 aliphatic rings. The van der Waals surface area contributed by atoms with Crippen molar-refractivity contribution in [3.63, 3.8) is 0 Å². The molecule has 4 nitrogen and oxygen atoms in total. The average Bonchev–Trinajstić information content (AvgIpc) is 3.15. The van der Waals surface area contributed by atoms with E-state index < -0.39 is 0 Å². The Morgan fingerprint density at radius 3 is 2.59 bits per heavy atom. The van der Waals surface area contributed by atoms with Crippen molar-refractivity contribution in [3.8, 4) is 11.4 Å². The molecule has 0 saturated heterocycles. The summed E-state index contributed by atoms with van der Waals surface area (Å²) in [7, 11) is 0. The number of carbonyl (C=O) groups excluding carboxylic acids is 1. The predicted molar refractivity (Wildman–Crippen MR) is 122 cm³/mol. The van der Waals surface area contributed by atoms with E-state index in [2.05, 4.69) is 34.3 Å². The minimum Gasteiger partial charge on any atom is -0.352 e. The number of hydrogen-bond donors (Lipinski definition) is 1. The number of fused-ring (bicyclic) bond motifs is 1. The first-order valence-corrected chi connectivity index (χ1v) is 12.0. The zero-order valence-electron chi connectivity index (χ0n) is 17.0. The van der Waals surface area contributed by atoms with Crippen molar-refractivity contribution in [2.75, 3.05) is 12.0 Å². The van der Waals surface area contributed by atoms with Gasteiger partial charge in [-0.05, 0) is 43.4 Å². The Labute approximate surface area is 177 Å². The van der Waals surface area contributed by atoms with Crippen LogP contribution in [0.4, 0.5) is 0 Å². The highest BCUT2D eigenvalue weighted by atomic mass is 32.2. The lowest BCUT2D eigenvalue weighted by atomic mass is 9.95. The number of aromatic nitrogens is 2. The van der Waals surface area contributed by atoms with Crippen molar-refractivity contribution < 1.29 is 4.79 Å². The first-order valence-electron chi connectivity index (χ1n) is 10.6. The first-order chi connectivity index (χ1) is 14.3. The summed E-state index contributed by atoms with van der Waals surface area (Å²) in [6.45, 7) is 0. The molecule has 1 amide bonds. The van der Waals surface area contributed by atoms with E-state index in [0.717, 1.165) is 47.4 Å². The van der Waals surface area contributed by atoms with E-state index >= 15 is 0 Å². The zero-order chi connectivity index (χ0) is 20.1. The van der Waals surface area contributed by atoms with Crippen LogP contribution in [-0.2, 0) is 4.79 Å². The van der Waals surface area contributed by atoms with E-state index in [1.807, 2.05) is 36.4 Å². The molecular formula is C24H29N3OS. The minimum atomic E-state index is -0.257. The highest BCUT2D eigenvalue weighted by Gasteiger charge is 2.28. The number of nitrogens with zero attached hydrogens (tertiary/aromatic N) is 2. The lowest BCUT2D eigenvalue weighted by molar-refractivity contribution is -0.125. The van der Waals surface area contributed by atoms with Gasteiger partial charge in [0, 0.05) is 11.6 Å². The van der Waals surface area contributed by atoms with Crippen LogP contribution in [0.2, 0.25) is 0 Å². The molecule has 1 heterocycles. The van der Waals surface area contributed by atoms with Crippen LogP contribution >= 0.6 is 11.8 Å². The van der Waals surface area contributed by atoms with Crippen LogP contribution in [0.1, 0.15) is 44.6 Å². The summed E-state index contributed by atoms with van der Waals surface area (Å²) >= 11 is 1.78. The number of carbonyl (C=O) groups is 1. The fourth-order valence-electron chi connectivity index (χ4n) is 4.30. The Kier molecular flexibility index (Phi) is 6.55. The molecular weight excluding hydrogens is 378 g/mol. The molecule has 3 aromatic rings. The van der Waals surface area contributed by atoms with Gasteiger partial charge in [0.1, 0.15) is 11.9 Å². The molecule has 1 N–H and O–H groups in total. The number of benzene rings is 2. The lowest BCUT2D eigenvalue weighted by Crippen LogP contribution is -2.41. The van der Waals surface area contributed by atoms with E-state index in [1.165, 1.54) is 19.3 Å². The van der Waals surface area contributed by atoms with E-state index in [9.17, 15) is 4.79 Å². The fourth-order valence-corrected chi connectivity index (χ4v) is 4.76. The number of nitrogens with one attached hydrogen (secondary N) is 1. The highest BCUT2D eigenvalue weighted by Crippen LogP contribution is 2.31. The number of para-hydroxylation sites is 2. The standard InChI is InChI=1S/C24H29N3OS/c1-29-17-16-22(24(28)25-19-12-6-3-7-13-19)27-21-15-9-8-14-20(21)26-23(27)18-10-4-2-5-11-18/h2,4-5,8-11,14-15,19,22H,3,6-7,12-13,16-17H2,1H3,(H,25,28). The van der Waals surface area contributed by atoms with E-state index in [-0.39, 0.29) is 11.9 Å². The van der Waals surface area contributed by atoms with Crippen LogP contribution in [0.5, 0.6) is 0 Å². The summed E-state index contributed by atoms with van der Waals surface area (Å²) in [5.74, 6) is 1.94. The third-order valence-electron chi connectivity index (χ3n) is 5.79. The summed E-state index contributed by atoms with van der Waals surface area (Å²) in [6, 6.07) is 18.4. The van der Waals surface area contributed by atoms with Crippen LogP contribution in [0.25, 0.3) is 22.4 Å². The maximum absolute atomic E-state index is 13.5. The largest absolute Gasteiger partial charge is 0.352 e. The van der Waals surface area contributed by atoms with Gasteiger partial charge in [-0.15, -0.1) is 0 Å². The Bertz CT molecular complexity index is 947. The maximum Gasteiger partial charge on any atom is 0.243 e. The molecule has 0 radical (unpaired) electrons. The topological polar surface area (TPSA) is 46.9 Å². The van der Waals surface area contributed by atoms with Gasteiger partial charge in [-0.1, -0.05) is 61.7 Å². The second kappa shape index (κ2) is 9.49. The number of hydrogen-bond acceptors (Lipinski definition) is 3. The van der Waals surface area contributed by atoms with Crippen molar-refractivity contribution in [2.24, 2.45) is 0 Å². The normalized spacial score (nSPS) is 16.0. The molecule has 4 rings (SSSR count). The summed E-state index contributed by atoms with van der Waals surface area (Å²) in [6.07, 6.45) is 8.79. The van der Waals surface area contributed by atoms with Crippen molar-refractivity contribution in [2.45, 2.75) is 50.6 Å². The van der Waals surface area contributed by atoms with Crippen molar-refractivity contribution >= 4 is 28.7 Å². The average molecular weight is 408 g/mol. The molecule has 0 spiro atoms. The number of rotatable bonds is 7. The van der Waals surface area contributed by atoms with Gasteiger partial charge in [-0.2, -0.15) is 11.8 Å². The minimum absolute atomic E-state index is 0.131. The molecule has 1 saturated carbocycles. The monoisotopic (exact) mass is 407 g/mol. The lowest BCUT2D eigenvalue weighted by Gasteiger charge is -2.27. The molecule has 29 heavy (non-hydrogen) atoms. The smallest absolute Gasteiger partial charge is 0.243 e. The van der Waals surface area contributed by atoms with E-state index in [1.54, 1.807) is 11.8 Å². The molecule has 1 aliphatic carbocycles. The van der Waals surface area contributed by atoms with Gasteiger partial charge in [0.05, 0.1) is 11.0 Å². The van der Waals surface area contributed by atoms with E-state index in [0.29, 0.717) is 6.04 Å². The van der Waals surface area contributed by atoms with Gasteiger partial charge in [-0.25, -0.2) is 4.98 Å². The molecule has 2 aromatic carbocycles. The summed E-state index contributed by atoms with van der Waals surface area (Å²) < 4.78 is 2.17. The van der Waals surface area contributed by atoms with Crippen molar-refractivity contribution in [1.29, 1.82) is 0 Å². The Morgan fingerprint density at radius 1 is 1.10 bits per heavy atom. The van der Waals surface area contributed by atoms with Gasteiger partial charge in [-0.3, -0.25) is 4.79 Å². The van der Waals surface area contributed by atoms with E-state index in [4.69, 9.17) is 4.98 Å². The molecule has 1 fully saturated rings. The van der Waals surface area contributed by atoms with Gasteiger partial charge in [0.2, 0.25) is 5.91 Å². The molecule has 0 bridgehead atoms. The molecule has 1 atom stereocenters. The van der Waals surface area contributed by atoms with Gasteiger partial charge in [0.25, 0.3) is 0 Å². The van der Waals surface area contributed by atoms with Gasteiger partial charge >= 0.3 is 0 Å². The number of imidazole rings is 1. The van der Waals surface area contributed by atoms with Crippen LogP contribution in [0.15, 0.2) is 54.6 Å². The summed E-state index contributed by atoms with van der Waals surface area (Å²) in [5.41, 5.74) is 3.01. The van der Waals surface area contributed by atoms with Crippen LogP contribution in [-0.4, -0.2) is 33.5 Å². The second-order valence-electron chi connectivity index (χ2n) is 7.80. The van der Waals surface area contributed by atoms with Gasteiger partial charge in [0.15, 0.2) is 0 Å². The SMILES string of the molecule is CSCCC(C(=O)NC1CCCCC1)n1c(-c2ccccc2)nc2ccccc21. The third-order valence-corrected chi connectivity index (χ3v) is 6.43. The van der Waals surface area contributed by atoms with Crippen molar-refractivity contribution in [3.05, 3.63) is 54.6 Å². The Morgan fingerprint density at radius 2 is 1.83 bits per heavy atom. The summed E-state index contributed by atoms with van der Waals surface area (Å²) in [4.78, 5) is 18.4. The zero-order valence-corrected chi connectivity index (χ0v) is 17.8. The first kappa shape index (κ1) is 20.0. The number of thioether (sulfide) groups is 1. The Balaban J connectivity index is 1.75. The fraction of sp³-hybridized carbons (Fsp3) is 0.417. The highest BCUT2D eigenvalue weighted by molar-refractivity contribution is 7.98. The molecule has 152 valence electrons. The van der Waals surface area contributed by atoms with Crippen molar-refractivity contribution in [1.82, 2.24) is 14.9 Å². The molecule has 1 unspecified atom stereocenters. The van der Waals surface area contributed by atoms with Crippen LogP contribution in [0.3, 0.4) is 0 Å². The molecule has 1 aromatic heterocycles. The predicted octanol–water partition coefficient (Wildman–Crippen LogP) is 5.45. The van der Waals surface area contributed by atoms with Crippen LogP contribution in [0, 0.1) is 0 Å². The second-order valence-corrected chi connectivity index (χ2v) is 8.79. The number of amides is 1.